The highest BCUT2D eigenvalue weighted by atomic mass is 16.6. The average molecular weight is 195 g/mol. The van der Waals surface area contributed by atoms with E-state index < -0.39 is 5.60 Å². The zero-order valence-corrected chi connectivity index (χ0v) is 9.20. The molecule has 1 rings (SSSR count). The van der Waals surface area contributed by atoms with Gasteiger partial charge in [-0.2, -0.15) is 0 Å². The van der Waals surface area contributed by atoms with Gasteiger partial charge in [0.2, 0.25) is 0 Å². The van der Waals surface area contributed by atoms with Crippen LogP contribution in [-0.4, -0.2) is 16.3 Å². The smallest absolute Gasteiger partial charge is 0.418 e. The molecule has 0 radical (unpaired) electrons. The summed E-state index contributed by atoms with van der Waals surface area (Å²) >= 11 is 0. The topological polar surface area (TPSA) is 31.2 Å². The summed E-state index contributed by atoms with van der Waals surface area (Å²) in [5.74, 6) is 0. The molecular formula is C11H17NO2. The van der Waals surface area contributed by atoms with Gasteiger partial charge in [-0.1, -0.05) is 6.92 Å². The second kappa shape index (κ2) is 3.86. The molecule has 78 valence electrons. The predicted molar refractivity (Wildman–Crippen MR) is 55.4 cm³/mol. The normalized spacial score (nSPS) is 11.4. The second-order valence-corrected chi connectivity index (χ2v) is 4.20. The van der Waals surface area contributed by atoms with E-state index in [9.17, 15) is 4.79 Å². The molecule has 0 fully saturated rings. The molecule has 0 unspecified atom stereocenters. The fraction of sp³-hybridized carbons (Fsp3) is 0.545. The third kappa shape index (κ3) is 2.62. The zero-order valence-electron chi connectivity index (χ0n) is 9.20. The van der Waals surface area contributed by atoms with Gasteiger partial charge in [0, 0.05) is 11.9 Å². The van der Waals surface area contributed by atoms with Crippen molar-refractivity contribution in [1.29, 1.82) is 0 Å². The van der Waals surface area contributed by atoms with Crippen LogP contribution in [0.25, 0.3) is 0 Å². The van der Waals surface area contributed by atoms with Crippen molar-refractivity contribution < 1.29 is 9.53 Å². The molecule has 1 heterocycles. The number of nitrogens with zero attached hydrogens (tertiary/aromatic N) is 1. The number of rotatable bonds is 1. The summed E-state index contributed by atoms with van der Waals surface area (Å²) in [6.45, 7) is 7.59. The van der Waals surface area contributed by atoms with E-state index in [2.05, 4.69) is 0 Å². The summed E-state index contributed by atoms with van der Waals surface area (Å²) in [6.07, 6.45) is 2.25. The lowest BCUT2D eigenvalue weighted by Gasteiger charge is -2.20. The van der Waals surface area contributed by atoms with Crippen LogP contribution >= 0.6 is 0 Å². The van der Waals surface area contributed by atoms with Crippen molar-refractivity contribution >= 4 is 6.09 Å². The molecular weight excluding hydrogens is 178 g/mol. The van der Waals surface area contributed by atoms with E-state index in [1.165, 1.54) is 0 Å². The third-order valence-electron chi connectivity index (χ3n) is 1.79. The fourth-order valence-corrected chi connectivity index (χ4v) is 1.19. The predicted octanol–water partition coefficient (Wildman–Crippen LogP) is 2.83. The SMILES string of the molecule is CCc1cccn1C(=O)OC(C)(C)C. The van der Waals surface area contributed by atoms with Crippen LogP contribution in [-0.2, 0) is 11.2 Å². The highest BCUT2D eigenvalue weighted by Crippen LogP contribution is 2.11. The van der Waals surface area contributed by atoms with E-state index in [1.54, 1.807) is 10.8 Å². The Morgan fingerprint density at radius 2 is 2.14 bits per heavy atom. The molecule has 0 aliphatic heterocycles. The van der Waals surface area contributed by atoms with Gasteiger partial charge in [-0.3, -0.25) is 4.57 Å². The molecule has 0 aliphatic rings. The quantitative estimate of drug-likeness (QED) is 0.690. The van der Waals surface area contributed by atoms with E-state index in [1.807, 2.05) is 39.8 Å². The van der Waals surface area contributed by atoms with Crippen LogP contribution in [0.4, 0.5) is 4.79 Å². The Bertz CT molecular complexity index is 320. The lowest BCUT2D eigenvalue weighted by atomic mass is 10.2. The first kappa shape index (κ1) is 10.8. The largest absolute Gasteiger partial charge is 0.443 e. The Morgan fingerprint density at radius 1 is 1.50 bits per heavy atom. The van der Waals surface area contributed by atoms with Gasteiger partial charge < -0.3 is 4.74 Å². The number of aromatic nitrogens is 1. The summed E-state index contributed by atoms with van der Waals surface area (Å²) in [7, 11) is 0. The van der Waals surface area contributed by atoms with Crippen molar-refractivity contribution in [2.24, 2.45) is 0 Å². The zero-order chi connectivity index (χ0) is 10.8. The van der Waals surface area contributed by atoms with E-state index >= 15 is 0 Å². The Morgan fingerprint density at radius 3 is 2.64 bits per heavy atom. The van der Waals surface area contributed by atoms with Crippen molar-refractivity contribution in [2.45, 2.75) is 39.7 Å². The maximum Gasteiger partial charge on any atom is 0.418 e. The average Bonchev–Trinajstić information content (AvgIpc) is 2.47. The number of hydrogen-bond acceptors (Lipinski definition) is 2. The molecule has 0 N–H and O–H groups in total. The van der Waals surface area contributed by atoms with Gasteiger partial charge in [0.1, 0.15) is 5.60 Å². The molecule has 3 nitrogen and oxygen atoms in total. The highest BCUT2D eigenvalue weighted by molar-refractivity contribution is 5.72. The van der Waals surface area contributed by atoms with E-state index in [4.69, 9.17) is 4.74 Å². The number of aryl methyl sites for hydroxylation is 1. The second-order valence-electron chi connectivity index (χ2n) is 4.20. The van der Waals surface area contributed by atoms with Gasteiger partial charge in [-0.25, -0.2) is 4.79 Å². The van der Waals surface area contributed by atoms with Crippen LogP contribution in [0.15, 0.2) is 18.3 Å². The highest BCUT2D eigenvalue weighted by Gasteiger charge is 2.18. The van der Waals surface area contributed by atoms with Crippen LogP contribution < -0.4 is 0 Å². The lowest BCUT2D eigenvalue weighted by Crippen LogP contribution is -2.27. The van der Waals surface area contributed by atoms with Crippen LogP contribution in [0, 0.1) is 0 Å². The van der Waals surface area contributed by atoms with E-state index in [-0.39, 0.29) is 6.09 Å². The van der Waals surface area contributed by atoms with Crippen molar-refractivity contribution in [1.82, 2.24) is 4.57 Å². The first-order valence-electron chi connectivity index (χ1n) is 4.83. The fourth-order valence-electron chi connectivity index (χ4n) is 1.19. The molecule has 0 bridgehead atoms. The first-order chi connectivity index (χ1) is 6.44. The molecule has 0 saturated heterocycles. The third-order valence-corrected chi connectivity index (χ3v) is 1.79. The number of carbonyl (C=O) groups is 1. The Kier molecular flexibility index (Phi) is 2.99. The van der Waals surface area contributed by atoms with Gasteiger partial charge in [0.25, 0.3) is 0 Å². The maximum atomic E-state index is 11.6. The van der Waals surface area contributed by atoms with Crippen molar-refractivity contribution in [2.75, 3.05) is 0 Å². The molecule has 0 aliphatic carbocycles. The Labute approximate surface area is 84.7 Å². The molecule has 1 aromatic rings. The number of hydrogen-bond donors (Lipinski definition) is 0. The summed E-state index contributed by atoms with van der Waals surface area (Å²) in [6, 6.07) is 3.77. The molecule has 0 amide bonds. The van der Waals surface area contributed by atoms with Crippen LogP contribution in [0.3, 0.4) is 0 Å². The Balaban J connectivity index is 2.80. The number of carbonyl (C=O) groups excluding carboxylic acids is 1. The molecule has 0 spiro atoms. The van der Waals surface area contributed by atoms with Crippen molar-refractivity contribution in [3.05, 3.63) is 24.0 Å². The molecule has 0 saturated carbocycles. The Hall–Kier alpha value is -1.25. The number of ether oxygens (including phenoxy) is 1. The molecule has 0 aromatic carbocycles. The van der Waals surface area contributed by atoms with E-state index in [0.29, 0.717) is 0 Å². The van der Waals surface area contributed by atoms with Crippen LogP contribution in [0.1, 0.15) is 33.4 Å². The van der Waals surface area contributed by atoms with Gasteiger partial charge >= 0.3 is 6.09 Å². The summed E-state index contributed by atoms with van der Waals surface area (Å²) in [5.41, 5.74) is 0.533. The maximum absolute atomic E-state index is 11.6. The summed E-state index contributed by atoms with van der Waals surface area (Å²) < 4.78 is 6.80. The standard InChI is InChI=1S/C11H17NO2/c1-5-9-7-6-8-12(9)10(13)14-11(2,3)4/h6-8H,5H2,1-4H3. The molecule has 14 heavy (non-hydrogen) atoms. The van der Waals surface area contributed by atoms with Gasteiger partial charge in [-0.05, 0) is 39.3 Å². The van der Waals surface area contributed by atoms with Gasteiger partial charge in [-0.15, -0.1) is 0 Å². The minimum atomic E-state index is -0.438. The van der Waals surface area contributed by atoms with Crippen molar-refractivity contribution in [3.8, 4) is 0 Å². The van der Waals surface area contributed by atoms with Crippen LogP contribution in [0.5, 0.6) is 0 Å². The summed E-state index contributed by atoms with van der Waals surface area (Å²) in [4.78, 5) is 11.6. The van der Waals surface area contributed by atoms with Gasteiger partial charge in [0.05, 0.1) is 0 Å². The minimum absolute atomic E-state index is 0.306. The monoisotopic (exact) mass is 195 g/mol. The molecule has 3 heteroatoms. The molecule has 0 atom stereocenters. The van der Waals surface area contributed by atoms with Crippen molar-refractivity contribution in [3.63, 3.8) is 0 Å². The molecule has 1 aromatic heterocycles. The summed E-state index contributed by atoms with van der Waals surface area (Å²) in [5, 5.41) is 0. The van der Waals surface area contributed by atoms with Crippen LogP contribution in [0.2, 0.25) is 0 Å². The minimum Gasteiger partial charge on any atom is -0.443 e. The lowest BCUT2D eigenvalue weighted by molar-refractivity contribution is 0.0533. The van der Waals surface area contributed by atoms with E-state index in [0.717, 1.165) is 12.1 Å². The first-order valence-corrected chi connectivity index (χ1v) is 4.83. The van der Waals surface area contributed by atoms with Gasteiger partial charge in [0.15, 0.2) is 0 Å².